The van der Waals surface area contributed by atoms with E-state index >= 15 is 0 Å². The Balaban J connectivity index is 2.13. The van der Waals surface area contributed by atoms with Gasteiger partial charge in [0.2, 0.25) is 0 Å². The van der Waals surface area contributed by atoms with Gasteiger partial charge in [-0.3, -0.25) is 4.79 Å². The van der Waals surface area contributed by atoms with E-state index in [-0.39, 0.29) is 0 Å². The number of carbonyl (C=O) groups is 1. The van der Waals surface area contributed by atoms with Gasteiger partial charge in [-0.05, 0) is 32.6 Å². The number of hydrogen-bond donors (Lipinski definition) is 0. The van der Waals surface area contributed by atoms with Crippen molar-refractivity contribution in [3.05, 3.63) is 0 Å². The first-order valence-corrected chi connectivity index (χ1v) is 4.82. The molecular weight excluding hydrogens is 152 g/mol. The maximum Gasteiger partial charge on any atom is 0.132 e. The topological polar surface area (TPSA) is 26.3 Å². The summed E-state index contributed by atoms with van der Waals surface area (Å²) in [5.74, 6) is 1.06. The monoisotopic (exact) mass is 170 g/mol. The van der Waals surface area contributed by atoms with Gasteiger partial charge in [0.05, 0.1) is 6.10 Å². The van der Waals surface area contributed by atoms with Gasteiger partial charge in [-0.25, -0.2) is 0 Å². The Morgan fingerprint density at radius 2 is 2.00 bits per heavy atom. The Kier molecular flexibility index (Phi) is 3.73. The van der Waals surface area contributed by atoms with Gasteiger partial charge in [-0.1, -0.05) is 0 Å². The van der Waals surface area contributed by atoms with Gasteiger partial charge in [-0.15, -0.1) is 0 Å². The van der Waals surface area contributed by atoms with Crippen LogP contribution in [0.2, 0.25) is 0 Å². The number of hydrogen-bond acceptors (Lipinski definition) is 2. The van der Waals surface area contributed by atoms with E-state index in [1.54, 1.807) is 0 Å². The van der Waals surface area contributed by atoms with Crippen molar-refractivity contribution >= 4 is 5.78 Å². The van der Waals surface area contributed by atoms with Crippen LogP contribution < -0.4 is 0 Å². The molecule has 0 aliphatic heterocycles. The Morgan fingerprint density at radius 1 is 1.42 bits per heavy atom. The molecule has 0 aromatic rings. The SMILES string of the molecule is CC(C)OCC1CCC(=O)CC1. The number of ether oxygens (including phenoxy) is 1. The van der Waals surface area contributed by atoms with Crippen LogP contribution in [0, 0.1) is 5.92 Å². The van der Waals surface area contributed by atoms with Gasteiger partial charge in [-0.2, -0.15) is 0 Å². The molecule has 0 heterocycles. The molecular formula is C10H18O2. The Hall–Kier alpha value is -0.370. The summed E-state index contributed by atoms with van der Waals surface area (Å²) in [4.78, 5) is 10.9. The zero-order valence-electron chi connectivity index (χ0n) is 8.01. The van der Waals surface area contributed by atoms with Crippen LogP contribution in [0.4, 0.5) is 0 Å². The number of ketones is 1. The third kappa shape index (κ3) is 3.35. The minimum atomic E-state index is 0.322. The smallest absolute Gasteiger partial charge is 0.132 e. The fourth-order valence-electron chi connectivity index (χ4n) is 1.49. The first-order valence-electron chi connectivity index (χ1n) is 4.82. The van der Waals surface area contributed by atoms with Crippen molar-refractivity contribution in [2.45, 2.75) is 45.6 Å². The highest BCUT2D eigenvalue weighted by molar-refractivity contribution is 5.78. The molecule has 0 radical (unpaired) electrons. The fraction of sp³-hybridized carbons (Fsp3) is 0.900. The minimum absolute atomic E-state index is 0.322. The van der Waals surface area contributed by atoms with Crippen molar-refractivity contribution in [2.75, 3.05) is 6.61 Å². The first-order chi connectivity index (χ1) is 5.68. The summed E-state index contributed by atoms with van der Waals surface area (Å²) in [6.07, 6.45) is 3.93. The Labute approximate surface area is 74.3 Å². The molecule has 1 rings (SSSR count). The summed E-state index contributed by atoms with van der Waals surface area (Å²) >= 11 is 0. The molecule has 0 saturated heterocycles. The van der Waals surface area contributed by atoms with Gasteiger partial charge in [0.25, 0.3) is 0 Å². The maximum absolute atomic E-state index is 10.9. The molecule has 0 aromatic heterocycles. The van der Waals surface area contributed by atoms with Gasteiger partial charge < -0.3 is 4.74 Å². The molecule has 0 amide bonds. The normalized spacial score (nSPS) is 20.4. The predicted octanol–water partition coefficient (Wildman–Crippen LogP) is 2.17. The molecule has 12 heavy (non-hydrogen) atoms. The van der Waals surface area contributed by atoms with E-state index in [9.17, 15) is 4.79 Å². The van der Waals surface area contributed by atoms with Gasteiger partial charge in [0.15, 0.2) is 0 Å². The van der Waals surface area contributed by atoms with E-state index in [1.807, 2.05) is 13.8 Å². The fourth-order valence-corrected chi connectivity index (χ4v) is 1.49. The lowest BCUT2D eigenvalue weighted by atomic mass is 9.89. The van der Waals surface area contributed by atoms with Crippen molar-refractivity contribution in [3.63, 3.8) is 0 Å². The second-order valence-corrected chi connectivity index (χ2v) is 3.86. The molecule has 2 heteroatoms. The van der Waals surface area contributed by atoms with Crippen molar-refractivity contribution in [1.82, 2.24) is 0 Å². The summed E-state index contributed by atoms with van der Waals surface area (Å²) in [7, 11) is 0. The average molecular weight is 170 g/mol. The maximum atomic E-state index is 10.9. The van der Waals surface area contributed by atoms with E-state index in [1.165, 1.54) is 0 Å². The summed E-state index contributed by atoms with van der Waals surface area (Å²) in [6, 6.07) is 0. The van der Waals surface area contributed by atoms with E-state index in [4.69, 9.17) is 4.74 Å². The van der Waals surface area contributed by atoms with Crippen LogP contribution in [0.3, 0.4) is 0 Å². The number of carbonyl (C=O) groups excluding carboxylic acids is 1. The molecule has 0 N–H and O–H groups in total. The van der Waals surface area contributed by atoms with E-state index in [2.05, 4.69) is 0 Å². The van der Waals surface area contributed by atoms with Crippen LogP contribution >= 0.6 is 0 Å². The molecule has 0 atom stereocenters. The van der Waals surface area contributed by atoms with Crippen molar-refractivity contribution in [3.8, 4) is 0 Å². The van der Waals surface area contributed by atoms with E-state index in [0.717, 1.165) is 32.3 Å². The molecule has 0 aromatic carbocycles. The van der Waals surface area contributed by atoms with Crippen molar-refractivity contribution in [1.29, 1.82) is 0 Å². The number of rotatable bonds is 3. The summed E-state index contributed by atoms with van der Waals surface area (Å²) < 4.78 is 5.51. The molecule has 1 aliphatic rings. The summed E-state index contributed by atoms with van der Waals surface area (Å²) in [6.45, 7) is 4.94. The highest BCUT2D eigenvalue weighted by atomic mass is 16.5. The number of Topliss-reactive ketones (excluding diaryl/α,β-unsaturated/α-hetero) is 1. The Bertz CT molecular complexity index is 142. The molecule has 70 valence electrons. The van der Waals surface area contributed by atoms with E-state index in [0.29, 0.717) is 17.8 Å². The molecule has 1 aliphatic carbocycles. The lowest BCUT2D eigenvalue weighted by molar-refractivity contribution is -0.121. The quantitative estimate of drug-likeness (QED) is 0.649. The standard InChI is InChI=1S/C10H18O2/c1-8(2)12-7-9-3-5-10(11)6-4-9/h8-9H,3-7H2,1-2H3. The lowest BCUT2D eigenvalue weighted by Gasteiger charge is -2.21. The van der Waals surface area contributed by atoms with Crippen LogP contribution in [0.5, 0.6) is 0 Å². The third-order valence-electron chi connectivity index (χ3n) is 2.33. The molecule has 0 bridgehead atoms. The van der Waals surface area contributed by atoms with Crippen LogP contribution in [0.15, 0.2) is 0 Å². The second kappa shape index (κ2) is 4.61. The molecule has 1 saturated carbocycles. The van der Waals surface area contributed by atoms with Crippen LogP contribution in [-0.4, -0.2) is 18.5 Å². The molecule has 2 nitrogen and oxygen atoms in total. The largest absolute Gasteiger partial charge is 0.379 e. The zero-order chi connectivity index (χ0) is 8.97. The predicted molar refractivity (Wildman–Crippen MR) is 48.1 cm³/mol. The highest BCUT2D eigenvalue weighted by Crippen LogP contribution is 2.21. The third-order valence-corrected chi connectivity index (χ3v) is 2.33. The van der Waals surface area contributed by atoms with Crippen molar-refractivity contribution < 1.29 is 9.53 Å². The molecule has 0 spiro atoms. The Morgan fingerprint density at radius 3 is 2.50 bits per heavy atom. The van der Waals surface area contributed by atoms with Gasteiger partial charge >= 0.3 is 0 Å². The minimum Gasteiger partial charge on any atom is -0.379 e. The summed E-state index contributed by atoms with van der Waals surface area (Å²) in [5, 5.41) is 0. The lowest BCUT2D eigenvalue weighted by Crippen LogP contribution is -2.20. The molecule has 0 unspecified atom stereocenters. The van der Waals surface area contributed by atoms with Crippen LogP contribution in [0.25, 0.3) is 0 Å². The van der Waals surface area contributed by atoms with Crippen molar-refractivity contribution in [2.24, 2.45) is 5.92 Å². The highest BCUT2D eigenvalue weighted by Gasteiger charge is 2.18. The second-order valence-electron chi connectivity index (χ2n) is 3.86. The van der Waals surface area contributed by atoms with Gasteiger partial charge in [0.1, 0.15) is 5.78 Å². The first kappa shape index (κ1) is 9.72. The zero-order valence-corrected chi connectivity index (χ0v) is 8.01. The average Bonchev–Trinajstić information content (AvgIpc) is 2.03. The summed E-state index contributed by atoms with van der Waals surface area (Å²) in [5.41, 5.74) is 0. The van der Waals surface area contributed by atoms with E-state index < -0.39 is 0 Å². The van der Waals surface area contributed by atoms with Crippen LogP contribution in [0.1, 0.15) is 39.5 Å². The molecule has 1 fully saturated rings. The van der Waals surface area contributed by atoms with Gasteiger partial charge in [0, 0.05) is 19.4 Å². The van der Waals surface area contributed by atoms with Crippen LogP contribution in [-0.2, 0) is 9.53 Å².